The van der Waals surface area contributed by atoms with Crippen LogP contribution in [0.25, 0.3) is 0 Å². The van der Waals surface area contributed by atoms with Gasteiger partial charge in [0.25, 0.3) is 0 Å². The van der Waals surface area contributed by atoms with Gasteiger partial charge in [-0.3, -0.25) is 0 Å². The molecule has 0 aliphatic heterocycles. The Morgan fingerprint density at radius 3 is 1.79 bits per heavy atom. The monoisotopic (exact) mass is 472 g/mol. The number of carbonyl (C=O) groups is 2. The van der Waals surface area contributed by atoms with E-state index in [1.807, 2.05) is 0 Å². The number of benzene rings is 1. The van der Waals surface area contributed by atoms with Crippen molar-refractivity contribution in [3.8, 4) is 0 Å². The van der Waals surface area contributed by atoms with Gasteiger partial charge in [-0.25, -0.2) is 9.59 Å². The summed E-state index contributed by atoms with van der Waals surface area (Å²) in [5, 5.41) is 20.1. The van der Waals surface area contributed by atoms with Gasteiger partial charge < -0.3 is 10.2 Å². The highest BCUT2D eigenvalue weighted by atomic mass is 16.4. The smallest absolute Gasteiger partial charge is 0.336 e. The first-order chi connectivity index (χ1) is 16.5. The van der Waals surface area contributed by atoms with Gasteiger partial charge in [-0.05, 0) is 67.2 Å². The highest BCUT2D eigenvalue weighted by Crippen LogP contribution is 2.40. The number of rotatable bonds is 17. The molecule has 0 radical (unpaired) electrons. The van der Waals surface area contributed by atoms with Crippen molar-refractivity contribution in [2.24, 2.45) is 0 Å². The van der Waals surface area contributed by atoms with Crippen LogP contribution in [-0.4, -0.2) is 22.2 Å². The maximum atomic E-state index is 12.4. The molecule has 0 aromatic heterocycles. The first-order valence-corrected chi connectivity index (χ1v) is 14.2. The molecule has 4 nitrogen and oxygen atoms in total. The predicted octanol–water partition coefficient (Wildman–Crippen LogP) is 8.94. The first-order valence-electron chi connectivity index (χ1n) is 14.2. The van der Waals surface area contributed by atoms with E-state index in [4.69, 9.17) is 0 Å². The molecule has 34 heavy (non-hydrogen) atoms. The number of carboxylic acids is 2. The Bertz CT molecular complexity index is 762. The van der Waals surface area contributed by atoms with Crippen molar-refractivity contribution < 1.29 is 19.8 Å². The average Bonchev–Trinajstić information content (AvgIpc) is 2.83. The summed E-state index contributed by atoms with van der Waals surface area (Å²) in [6.07, 6.45) is 21.4. The molecular formula is C30H48O4. The second-order valence-corrected chi connectivity index (χ2v) is 10.3. The van der Waals surface area contributed by atoms with Crippen LogP contribution in [0.15, 0.2) is 6.07 Å². The highest BCUT2D eigenvalue weighted by molar-refractivity contribution is 6.03. The lowest BCUT2D eigenvalue weighted by Gasteiger charge is -2.29. The van der Waals surface area contributed by atoms with E-state index in [1.165, 1.54) is 63.4 Å². The zero-order valence-corrected chi connectivity index (χ0v) is 21.8. The van der Waals surface area contributed by atoms with Crippen LogP contribution in [0, 0.1) is 0 Å². The summed E-state index contributed by atoms with van der Waals surface area (Å²) in [6.45, 7) is 4.45. The minimum absolute atomic E-state index is 0.000697. The van der Waals surface area contributed by atoms with Gasteiger partial charge in [0.15, 0.2) is 0 Å². The lowest BCUT2D eigenvalue weighted by Crippen LogP contribution is -2.20. The zero-order chi connectivity index (χ0) is 24.8. The Kier molecular flexibility index (Phi) is 13.3. The minimum Gasteiger partial charge on any atom is -0.478 e. The summed E-state index contributed by atoms with van der Waals surface area (Å²) >= 11 is 0. The molecule has 1 aromatic carbocycles. The van der Waals surface area contributed by atoms with E-state index in [0.717, 1.165) is 75.3 Å². The first kappa shape index (κ1) is 28.4. The molecule has 0 spiro atoms. The number of aryl methyl sites for hydroxylation is 1. The van der Waals surface area contributed by atoms with Crippen LogP contribution in [0.3, 0.4) is 0 Å². The van der Waals surface area contributed by atoms with Crippen molar-refractivity contribution in [1.82, 2.24) is 0 Å². The molecule has 0 bridgehead atoms. The molecule has 192 valence electrons. The second kappa shape index (κ2) is 15.9. The molecule has 4 heteroatoms. The van der Waals surface area contributed by atoms with Gasteiger partial charge in [0.2, 0.25) is 0 Å². The summed E-state index contributed by atoms with van der Waals surface area (Å²) in [4.78, 5) is 24.6. The summed E-state index contributed by atoms with van der Waals surface area (Å²) in [6, 6.07) is 1.72. The van der Waals surface area contributed by atoms with E-state index in [-0.39, 0.29) is 17.0 Å². The lowest BCUT2D eigenvalue weighted by molar-refractivity contribution is 0.0649. The standard InChI is InChI=1S/C30H48O4/c1-3-5-7-9-11-14-20-24-22-26(29(31)32)28(30(33)34)27(23-18-15-13-16-19-23)25(24)21-17-12-10-8-6-4-2/h22-23H,3-21H2,1-2H3,(H,31,32)(H,33,34). The van der Waals surface area contributed by atoms with Crippen molar-refractivity contribution in [2.45, 2.75) is 142 Å². The molecule has 1 saturated carbocycles. The zero-order valence-electron chi connectivity index (χ0n) is 21.8. The van der Waals surface area contributed by atoms with Crippen LogP contribution in [0.1, 0.15) is 166 Å². The summed E-state index contributed by atoms with van der Waals surface area (Å²) in [5.41, 5.74) is 3.24. The third kappa shape index (κ3) is 8.74. The van der Waals surface area contributed by atoms with Gasteiger partial charge >= 0.3 is 11.9 Å². The fourth-order valence-corrected chi connectivity index (χ4v) is 5.74. The number of unbranched alkanes of at least 4 members (excludes halogenated alkanes) is 10. The topological polar surface area (TPSA) is 74.6 Å². The van der Waals surface area contributed by atoms with E-state index in [1.54, 1.807) is 6.07 Å². The van der Waals surface area contributed by atoms with E-state index < -0.39 is 11.9 Å². The van der Waals surface area contributed by atoms with E-state index in [2.05, 4.69) is 13.8 Å². The van der Waals surface area contributed by atoms with Crippen molar-refractivity contribution in [3.05, 3.63) is 33.9 Å². The molecule has 1 aromatic rings. The van der Waals surface area contributed by atoms with Crippen LogP contribution < -0.4 is 0 Å². The Morgan fingerprint density at radius 2 is 1.26 bits per heavy atom. The van der Waals surface area contributed by atoms with Crippen LogP contribution in [0.2, 0.25) is 0 Å². The number of aromatic carboxylic acids is 2. The van der Waals surface area contributed by atoms with Gasteiger partial charge in [0.05, 0.1) is 11.1 Å². The fourth-order valence-electron chi connectivity index (χ4n) is 5.74. The Morgan fingerprint density at radius 1 is 0.735 bits per heavy atom. The fraction of sp³-hybridized carbons (Fsp3) is 0.733. The Labute approximate surface area is 207 Å². The quantitative estimate of drug-likeness (QED) is 0.222. The summed E-state index contributed by atoms with van der Waals surface area (Å²) in [5.74, 6) is -2.00. The molecule has 1 fully saturated rings. The molecule has 0 unspecified atom stereocenters. The molecule has 2 rings (SSSR count). The summed E-state index contributed by atoms with van der Waals surface area (Å²) < 4.78 is 0. The highest BCUT2D eigenvalue weighted by Gasteiger charge is 2.30. The van der Waals surface area contributed by atoms with Crippen LogP contribution >= 0.6 is 0 Å². The number of hydrogen-bond donors (Lipinski definition) is 2. The normalized spacial score (nSPS) is 14.4. The second-order valence-electron chi connectivity index (χ2n) is 10.3. The molecule has 0 atom stereocenters. The van der Waals surface area contributed by atoms with Gasteiger partial charge in [-0.2, -0.15) is 0 Å². The van der Waals surface area contributed by atoms with Gasteiger partial charge in [-0.1, -0.05) is 97.3 Å². The maximum Gasteiger partial charge on any atom is 0.336 e. The van der Waals surface area contributed by atoms with Crippen molar-refractivity contribution in [1.29, 1.82) is 0 Å². The molecule has 0 amide bonds. The van der Waals surface area contributed by atoms with Crippen molar-refractivity contribution in [3.63, 3.8) is 0 Å². The van der Waals surface area contributed by atoms with E-state index in [9.17, 15) is 19.8 Å². The molecular weight excluding hydrogens is 424 g/mol. The van der Waals surface area contributed by atoms with Crippen LogP contribution in [-0.2, 0) is 12.8 Å². The Hall–Kier alpha value is -1.84. The Balaban J connectivity index is 2.37. The van der Waals surface area contributed by atoms with Crippen molar-refractivity contribution >= 4 is 11.9 Å². The average molecular weight is 473 g/mol. The lowest BCUT2D eigenvalue weighted by atomic mass is 9.75. The molecule has 1 aliphatic carbocycles. The largest absolute Gasteiger partial charge is 0.478 e. The number of hydrogen-bond acceptors (Lipinski definition) is 2. The summed E-state index contributed by atoms with van der Waals surface area (Å²) in [7, 11) is 0. The number of carboxylic acid groups (broad SMARTS) is 2. The van der Waals surface area contributed by atoms with Gasteiger partial charge in [0.1, 0.15) is 0 Å². The molecule has 2 N–H and O–H groups in total. The minimum atomic E-state index is -1.11. The van der Waals surface area contributed by atoms with Crippen molar-refractivity contribution in [2.75, 3.05) is 0 Å². The molecule has 0 heterocycles. The van der Waals surface area contributed by atoms with E-state index >= 15 is 0 Å². The predicted molar refractivity (Wildman–Crippen MR) is 140 cm³/mol. The van der Waals surface area contributed by atoms with Gasteiger partial charge in [-0.15, -0.1) is 0 Å². The van der Waals surface area contributed by atoms with Gasteiger partial charge in [0, 0.05) is 0 Å². The van der Waals surface area contributed by atoms with Crippen LogP contribution in [0.4, 0.5) is 0 Å². The van der Waals surface area contributed by atoms with E-state index in [0.29, 0.717) is 0 Å². The molecule has 1 aliphatic rings. The molecule has 0 saturated heterocycles. The van der Waals surface area contributed by atoms with Crippen LogP contribution in [0.5, 0.6) is 0 Å². The third-order valence-corrected chi connectivity index (χ3v) is 7.61. The SMILES string of the molecule is CCCCCCCCc1cc(C(=O)O)c(C(=O)O)c(C2CCCCC2)c1CCCCCCCC. The maximum absolute atomic E-state index is 12.4. The third-order valence-electron chi connectivity index (χ3n) is 7.61.